The summed E-state index contributed by atoms with van der Waals surface area (Å²) in [5.41, 5.74) is 1.38. The van der Waals surface area contributed by atoms with Crippen LogP contribution in [0.15, 0.2) is 65.5 Å². The first kappa shape index (κ1) is 17.7. The SMILES string of the molecule is CC1(C)CC(=O)C2=C(C1)OC1=C(C(=O)c3cncnc3C1=O)C2c1ccccc1. The summed E-state index contributed by atoms with van der Waals surface area (Å²) in [7, 11) is 0. The molecule has 0 fully saturated rings. The highest BCUT2D eigenvalue weighted by Crippen LogP contribution is 2.50. The van der Waals surface area contributed by atoms with Gasteiger partial charge in [0.25, 0.3) is 0 Å². The zero-order valence-corrected chi connectivity index (χ0v) is 16.1. The molecule has 0 bridgehead atoms. The van der Waals surface area contributed by atoms with E-state index in [-0.39, 0.29) is 39.6 Å². The van der Waals surface area contributed by atoms with E-state index in [9.17, 15) is 14.4 Å². The van der Waals surface area contributed by atoms with Gasteiger partial charge in [-0.1, -0.05) is 44.2 Å². The van der Waals surface area contributed by atoms with Gasteiger partial charge in [0.05, 0.1) is 11.1 Å². The first-order valence-corrected chi connectivity index (χ1v) is 9.50. The molecule has 1 unspecified atom stereocenters. The van der Waals surface area contributed by atoms with Gasteiger partial charge in [0.15, 0.2) is 17.3 Å². The van der Waals surface area contributed by atoms with Gasteiger partial charge in [0.2, 0.25) is 5.78 Å². The topological polar surface area (TPSA) is 86.2 Å². The molecule has 2 heterocycles. The molecule has 0 saturated carbocycles. The van der Waals surface area contributed by atoms with Crippen LogP contribution in [0, 0.1) is 5.41 Å². The Morgan fingerprint density at radius 2 is 1.76 bits per heavy atom. The second-order valence-electron chi connectivity index (χ2n) is 8.41. The zero-order valence-electron chi connectivity index (χ0n) is 16.1. The highest BCUT2D eigenvalue weighted by molar-refractivity contribution is 6.27. The van der Waals surface area contributed by atoms with Crippen LogP contribution < -0.4 is 0 Å². The third-order valence-corrected chi connectivity index (χ3v) is 5.68. The van der Waals surface area contributed by atoms with Gasteiger partial charge in [0, 0.05) is 30.5 Å². The molecule has 1 aromatic carbocycles. The molecule has 1 aromatic heterocycles. The van der Waals surface area contributed by atoms with Crippen LogP contribution in [0.3, 0.4) is 0 Å². The fourth-order valence-corrected chi connectivity index (χ4v) is 4.46. The van der Waals surface area contributed by atoms with E-state index in [0.717, 1.165) is 5.56 Å². The Hall–Kier alpha value is -3.41. The van der Waals surface area contributed by atoms with E-state index < -0.39 is 11.7 Å². The first-order valence-electron chi connectivity index (χ1n) is 9.50. The molecule has 6 nitrogen and oxygen atoms in total. The maximum absolute atomic E-state index is 13.4. The average Bonchev–Trinajstić information content (AvgIpc) is 2.70. The highest BCUT2D eigenvalue weighted by atomic mass is 16.5. The number of carbonyl (C=O) groups is 3. The summed E-state index contributed by atoms with van der Waals surface area (Å²) in [5.74, 6) is -1.03. The quantitative estimate of drug-likeness (QED) is 0.745. The van der Waals surface area contributed by atoms with Gasteiger partial charge < -0.3 is 4.74 Å². The van der Waals surface area contributed by atoms with Gasteiger partial charge in [-0.2, -0.15) is 0 Å². The van der Waals surface area contributed by atoms with Crippen molar-refractivity contribution in [3.8, 4) is 0 Å². The van der Waals surface area contributed by atoms with Crippen LogP contribution in [0.2, 0.25) is 0 Å². The number of Topliss-reactive ketones (excluding diaryl/α,β-unsaturated/α-hetero) is 3. The molecule has 6 heteroatoms. The summed E-state index contributed by atoms with van der Waals surface area (Å²) in [4.78, 5) is 47.6. The van der Waals surface area contributed by atoms with Crippen LogP contribution in [0.4, 0.5) is 0 Å². The molecule has 1 aliphatic heterocycles. The van der Waals surface area contributed by atoms with Crippen molar-refractivity contribution in [1.29, 1.82) is 0 Å². The number of nitrogens with zero attached hydrogens (tertiary/aromatic N) is 2. The molecule has 2 aliphatic carbocycles. The van der Waals surface area contributed by atoms with Gasteiger partial charge in [-0.05, 0) is 11.0 Å². The van der Waals surface area contributed by atoms with E-state index in [1.54, 1.807) is 0 Å². The lowest BCUT2D eigenvalue weighted by molar-refractivity contribution is -0.119. The van der Waals surface area contributed by atoms with E-state index >= 15 is 0 Å². The van der Waals surface area contributed by atoms with Crippen LogP contribution in [0.1, 0.15) is 59.0 Å². The molecule has 1 atom stereocenters. The molecule has 144 valence electrons. The molecule has 0 amide bonds. The summed E-state index contributed by atoms with van der Waals surface area (Å²) in [6.45, 7) is 3.99. The smallest absolute Gasteiger partial charge is 0.247 e. The van der Waals surface area contributed by atoms with Gasteiger partial charge in [-0.15, -0.1) is 0 Å². The van der Waals surface area contributed by atoms with Crippen molar-refractivity contribution < 1.29 is 19.1 Å². The minimum Gasteiger partial charge on any atom is -0.457 e. The Balaban J connectivity index is 1.76. The Morgan fingerprint density at radius 1 is 1.00 bits per heavy atom. The van der Waals surface area contributed by atoms with Gasteiger partial charge in [0.1, 0.15) is 17.8 Å². The molecular formula is C23H18N2O4. The molecule has 3 aliphatic rings. The Labute approximate surface area is 167 Å². The van der Waals surface area contributed by atoms with Crippen molar-refractivity contribution >= 4 is 17.3 Å². The molecule has 0 saturated heterocycles. The maximum Gasteiger partial charge on any atom is 0.247 e. The van der Waals surface area contributed by atoms with Crippen molar-refractivity contribution in [2.45, 2.75) is 32.6 Å². The van der Waals surface area contributed by atoms with Crippen LogP contribution >= 0.6 is 0 Å². The van der Waals surface area contributed by atoms with Crippen molar-refractivity contribution in [3.05, 3.63) is 82.3 Å². The van der Waals surface area contributed by atoms with Gasteiger partial charge in [-0.3, -0.25) is 14.4 Å². The second kappa shape index (κ2) is 6.04. The lowest BCUT2D eigenvalue weighted by Gasteiger charge is -2.39. The number of hydrogen-bond donors (Lipinski definition) is 0. The number of carbonyl (C=O) groups excluding carboxylic acids is 3. The third-order valence-electron chi connectivity index (χ3n) is 5.68. The largest absolute Gasteiger partial charge is 0.457 e. The van der Waals surface area contributed by atoms with Gasteiger partial charge >= 0.3 is 0 Å². The predicted octanol–water partition coefficient (Wildman–Crippen LogP) is 3.57. The molecular weight excluding hydrogens is 368 g/mol. The van der Waals surface area contributed by atoms with E-state index in [4.69, 9.17) is 4.74 Å². The Kier molecular flexibility index (Phi) is 3.68. The number of benzene rings is 1. The number of hydrogen-bond acceptors (Lipinski definition) is 6. The summed E-state index contributed by atoms with van der Waals surface area (Å²) in [5, 5.41) is 0. The predicted molar refractivity (Wildman–Crippen MR) is 103 cm³/mol. The van der Waals surface area contributed by atoms with Gasteiger partial charge in [-0.25, -0.2) is 9.97 Å². The number of allylic oxidation sites excluding steroid dienone is 4. The Bertz CT molecular complexity index is 1160. The Morgan fingerprint density at radius 3 is 2.52 bits per heavy atom. The minimum absolute atomic E-state index is 0.0145. The molecule has 0 spiro atoms. The standard InChI is InChI=1S/C23H18N2O4/c1-23(2)8-14(26)17-15(9-23)29-22-18(16(17)12-6-4-3-5-7-12)20(27)13-10-24-11-25-19(13)21(22)28/h3-7,10-11,16H,8-9H2,1-2H3. The lowest BCUT2D eigenvalue weighted by Crippen LogP contribution is -2.37. The summed E-state index contributed by atoms with van der Waals surface area (Å²) >= 11 is 0. The van der Waals surface area contributed by atoms with E-state index in [2.05, 4.69) is 9.97 Å². The van der Waals surface area contributed by atoms with Crippen molar-refractivity contribution in [2.75, 3.05) is 0 Å². The lowest BCUT2D eigenvalue weighted by atomic mass is 9.68. The maximum atomic E-state index is 13.4. The number of ketones is 3. The number of aromatic nitrogens is 2. The minimum atomic E-state index is -0.636. The van der Waals surface area contributed by atoms with E-state index in [1.807, 2.05) is 44.2 Å². The normalized spacial score (nSPS) is 22.7. The fourth-order valence-electron chi connectivity index (χ4n) is 4.46. The first-order chi connectivity index (χ1) is 13.9. The van der Waals surface area contributed by atoms with Crippen molar-refractivity contribution in [1.82, 2.24) is 9.97 Å². The van der Waals surface area contributed by atoms with Crippen molar-refractivity contribution in [2.24, 2.45) is 5.41 Å². The van der Waals surface area contributed by atoms with E-state index in [1.165, 1.54) is 12.5 Å². The third kappa shape index (κ3) is 2.59. The summed E-state index contributed by atoms with van der Waals surface area (Å²) in [6, 6.07) is 9.32. The van der Waals surface area contributed by atoms with Crippen LogP contribution in [0.5, 0.6) is 0 Å². The average molecular weight is 386 g/mol. The highest BCUT2D eigenvalue weighted by Gasteiger charge is 2.48. The second-order valence-corrected chi connectivity index (χ2v) is 8.41. The molecule has 2 aromatic rings. The monoisotopic (exact) mass is 386 g/mol. The molecule has 5 rings (SSSR count). The van der Waals surface area contributed by atoms with Crippen LogP contribution in [-0.2, 0) is 9.53 Å². The number of fused-ring (bicyclic) bond motifs is 1. The fraction of sp³-hybridized carbons (Fsp3) is 0.261. The van der Waals surface area contributed by atoms with Crippen LogP contribution in [0.25, 0.3) is 0 Å². The van der Waals surface area contributed by atoms with Crippen molar-refractivity contribution in [3.63, 3.8) is 0 Å². The van der Waals surface area contributed by atoms with E-state index in [0.29, 0.717) is 24.2 Å². The molecule has 29 heavy (non-hydrogen) atoms. The zero-order chi connectivity index (χ0) is 20.3. The molecule has 0 N–H and O–H groups in total. The summed E-state index contributed by atoms with van der Waals surface area (Å²) in [6.07, 6.45) is 3.48. The molecule has 0 radical (unpaired) electrons. The summed E-state index contributed by atoms with van der Waals surface area (Å²) < 4.78 is 6.00. The number of rotatable bonds is 1. The van der Waals surface area contributed by atoms with Crippen LogP contribution in [-0.4, -0.2) is 27.3 Å². The number of ether oxygens (including phenoxy) is 1.